The Bertz CT molecular complexity index is 335. The summed E-state index contributed by atoms with van der Waals surface area (Å²) in [7, 11) is 0. The van der Waals surface area contributed by atoms with Crippen molar-refractivity contribution in [2.75, 3.05) is 13.1 Å². The molecule has 0 fully saturated rings. The molecule has 0 saturated heterocycles. The molecular weight excluding hydrogens is 212 g/mol. The number of amides is 1. The SMILES string of the molecule is CCN(CCC(N)=S)C(=O)c1ccoc1. The van der Waals surface area contributed by atoms with Crippen molar-refractivity contribution in [3.05, 3.63) is 24.2 Å². The first-order valence-corrected chi connectivity index (χ1v) is 5.15. The molecule has 1 rings (SSSR count). The predicted molar refractivity (Wildman–Crippen MR) is 61.7 cm³/mol. The second-order valence-electron chi connectivity index (χ2n) is 3.11. The van der Waals surface area contributed by atoms with E-state index in [-0.39, 0.29) is 5.91 Å². The maximum atomic E-state index is 11.8. The van der Waals surface area contributed by atoms with Crippen molar-refractivity contribution in [2.24, 2.45) is 5.73 Å². The zero-order valence-corrected chi connectivity index (χ0v) is 9.42. The monoisotopic (exact) mass is 226 g/mol. The first-order chi connectivity index (χ1) is 7.15. The average molecular weight is 226 g/mol. The number of nitrogens with zero attached hydrogens (tertiary/aromatic N) is 1. The third kappa shape index (κ3) is 3.36. The van der Waals surface area contributed by atoms with Crippen LogP contribution in [0.5, 0.6) is 0 Å². The van der Waals surface area contributed by atoms with Gasteiger partial charge in [-0.3, -0.25) is 4.79 Å². The van der Waals surface area contributed by atoms with Crippen LogP contribution in [0.25, 0.3) is 0 Å². The van der Waals surface area contributed by atoms with Crippen LogP contribution in [-0.2, 0) is 0 Å². The van der Waals surface area contributed by atoms with Gasteiger partial charge in [-0.2, -0.15) is 0 Å². The minimum absolute atomic E-state index is 0.0532. The van der Waals surface area contributed by atoms with Gasteiger partial charge in [-0.25, -0.2) is 0 Å². The Morgan fingerprint density at radius 3 is 2.87 bits per heavy atom. The quantitative estimate of drug-likeness (QED) is 0.771. The standard InChI is InChI=1S/C10H14N2O2S/c1-2-12(5-3-9(11)15)10(13)8-4-6-14-7-8/h4,6-7H,2-3,5H2,1H3,(H2,11,15). The van der Waals surface area contributed by atoms with Crippen molar-refractivity contribution in [1.82, 2.24) is 4.90 Å². The van der Waals surface area contributed by atoms with Gasteiger partial charge in [-0.1, -0.05) is 12.2 Å². The fourth-order valence-corrected chi connectivity index (χ4v) is 1.31. The van der Waals surface area contributed by atoms with Crippen molar-refractivity contribution in [2.45, 2.75) is 13.3 Å². The van der Waals surface area contributed by atoms with Gasteiger partial charge in [0, 0.05) is 19.5 Å². The highest BCUT2D eigenvalue weighted by Gasteiger charge is 2.14. The maximum Gasteiger partial charge on any atom is 0.257 e. The smallest absolute Gasteiger partial charge is 0.257 e. The van der Waals surface area contributed by atoms with E-state index in [0.29, 0.717) is 30.1 Å². The van der Waals surface area contributed by atoms with Gasteiger partial charge < -0.3 is 15.1 Å². The van der Waals surface area contributed by atoms with Crippen molar-refractivity contribution >= 4 is 23.1 Å². The van der Waals surface area contributed by atoms with E-state index in [1.807, 2.05) is 6.92 Å². The van der Waals surface area contributed by atoms with Gasteiger partial charge in [0.2, 0.25) is 0 Å². The molecule has 15 heavy (non-hydrogen) atoms. The highest BCUT2D eigenvalue weighted by molar-refractivity contribution is 7.80. The second-order valence-corrected chi connectivity index (χ2v) is 3.64. The third-order valence-electron chi connectivity index (χ3n) is 2.07. The van der Waals surface area contributed by atoms with Crippen LogP contribution in [0.1, 0.15) is 23.7 Å². The Morgan fingerprint density at radius 2 is 2.40 bits per heavy atom. The molecule has 0 aromatic carbocycles. The van der Waals surface area contributed by atoms with Crippen LogP contribution in [0.15, 0.2) is 23.0 Å². The van der Waals surface area contributed by atoms with Crippen molar-refractivity contribution in [1.29, 1.82) is 0 Å². The number of thiocarbonyl (C=S) groups is 1. The summed E-state index contributed by atoms with van der Waals surface area (Å²) in [5.41, 5.74) is 5.94. The lowest BCUT2D eigenvalue weighted by Gasteiger charge is -2.19. The number of rotatable bonds is 5. The maximum absolute atomic E-state index is 11.8. The minimum atomic E-state index is -0.0532. The molecule has 0 aliphatic carbocycles. The molecule has 0 aliphatic rings. The minimum Gasteiger partial charge on any atom is -0.472 e. The molecule has 0 bridgehead atoms. The summed E-state index contributed by atoms with van der Waals surface area (Å²) in [6.07, 6.45) is 3.47. The lowest BCUT2D eigenvalue weighted by Crippen LogP contribution is -2.33. The van der Waals surface area contributed by atoms with E-state index in [0.717, 1.165) is 0 Å². The Labute approximate surface area is 94.0 Å². The molecule has 0 radical (unpaired) electrons. The summed E-state index contributed by atoms with van der Waals surface area (Å²) >= 11 is 4.77. The summed E-state index contributed by atoms with van der Waals surface area (Å²) in [5.74, 6) is -0.0532. The molecule has 1 aromatic rings. The van der Waals surface area contributed by atoms with Crippen LogP contribution in [0, 0.1) is 0 Å². The zero-order chi connectivity index (χ0) is 11.3. The van der Waals surface area contributed by atoms with E-state index >= 15 is 0 Å². The van der Waals surface area contributed by atoms with Crippen LogP contribution in [0.4, 0.5) is 0 Å². The molecule has 82 valence electrons. The van der Waals surface area contributed by atoms with Crippen LogP contribution in [0.2, 0.25) is 0 Å². The summed E-state index contributed by atoms with van der Waals surface area (Å²) < 4.78 is 4.86. The van der Waals surface area contributed by atoms with Crippen molar-refractivity contribution < 1.29 is 9.21 Å². The summed E-state index contributed by atoms with van der Waals surface area (Å²) in [4.78, 5) is 13.9. The average Bonchev–Trinajstić information content (AvgIpc) is 2.70. The molecule has 5 heteroatoms. The highest BCUT2D eigenvalue weighted by atomic mass is 32.1. The topological polar surface area (TPSA) is 59.5 Å². The van der Waals surface area contributed by atoms with E-state index in [4.69, 9.17) is 22.4 Å². The van der Waals surface area contributed by atoms with Crippen molar-refractivity contribution in [3.8, 4) is 0 Å². The van der Waals surface area contributed by atoms with E-state index < -0.39 is 0 Å². The van der Waals surface area contributed by atoms with Crippen molar-refractivity contribution in [3.63, 3.8) is 0 Å². The molecule has 0 saturated carbocycles. The van der Waals surface area contributed by atoms with Gasteiger partial charge in [0.25, 0.3) is 5.91 Å². The summed E-state index contributed by atoms with van der Waals surface area (Å²) in [5, 5.41) is 0. The van der Waals surface area contributed by atoms with E-state index in [1.165, 1.54) is 12.5 Å². The summed E-state index contributed by atoms with van der Waals surface area (Å²) in [6, 6.07) is 1.64. The van der Waals surface area contributed by atoms with Gasteiger partial charge in [-0.05, 0) is 13.0 Å². The Kier molecular flexibility index (Phi) is 4.30. The van der Waals surface area contributed by atoms with Crippen LogP contribution < -0.4 is 5.73 Å². The number of carbonyl (C=O) groups is 1. The molecule has 2 N–H and O–H groups in total. The largest absolute Gasteiger partial charge is 0.472 e. The Morgan fingerprint density at radius 1 is 1.67 bits per heavy atom. The van der Waals surface area contributed by atoms with Gasteiger partial charge in [0.1, 0.15) is 6.26 Å². The molecule has 0 unspecified atom stereocenters. The molecule has 1 heterocycles. The number of furan rings is 1. The van der Waals surface area contributed by atoms with Gasteiger partial charge in [0.15, 0.2) is 0 Å². The van der Waals surface area contributed by atoms with E-state index in [1.54, 1.807) is 11.0 Å². The second kappa shape index (κ2) is 5.50. The molecule has 4 nitrogen and oxygen atoms in total. The third-order valence-corrected chi connectivity index (χ3v) is 2.27. The summed E-state index contributed by atoms with van der Waals surface area (Å²) in [6.45, 7) is 3.10. The van der Waals surface area contributed by atoms with Gasteiger partial charge in [0.05, 0.1) is 16.8 Å². The number of hydrogen-bond donors (Lipinski definition) is 1. The molecule has 1 aromatic heterocycles. The van der Waals surface area contributed by atoms with E-state index in [9.17, 15) is 4.79 Å². The molecule has 1 amide bonds. The van der Waals surface area contributed by atoms with Gasteiger partial charge >= 0.3 is 0 Å². The van der Waals surface area contributed by atoms with Crippen LogP contribution in [0.3, 0.4) is 0 Å². The Hall–Kier alpha value is -1.36. The fraction of sp³-hybridized carbons (Fsp3) is 0.400. The number of carbonyl (C=O) groups excluding carboxylic acids is 1. The van der Waals surface area contributed by atoms with Crippen LogP contribution >= 0.6 is 12.2 Å². The molecular formula is C10H14N2O2S. The number of nitrogens with two attached hydrogens (primary N) is 1. The van der Waals surface area contributed by atoms with Crippen LogP contribution in [-0.4, -0.2) is 28.9 Å². The highest BCUT2D eigenvalue weighted by Crippen LogP contribution is 2.06. The lowest BCUT2D eigenvalue weighted by atomic mass is 10.2. The Balaban J connectivity index is 2.59. The first-order valence-electron chi connectivity index (χ1n) is 4.75. The first kappa shape index (κ1) is 11.7. The molecule has 0 spiro atoms. The van der Waals surface area contributed by atoms with E-state index in [2.05, 4.69) is 0 Å². The predicted octanol–water partition coefficient (Wildman–Crippen LogP) is 1.42. The van der Waals surface area contributed by atoms with Gasteiger partial charge in [-0.15, -0.1) is 0 Å². The fourth-order valence-electron chi connectivity index (χ4n) is 1.22. The molecule has 0 atom stereocenters. The normalized spacial score (nSPS) is 9.93. The molecule has 0 aliphatic heterocycles. The lowest BCUT2D eigenvalue weighted by molar-refractivity contribution is 0.0768. The zero-order valence-electron chi connectivity index (χ0n) is 8.60. The number of hydrogen-bond acceptors (Lipinski definition) is 3.